The van der Waals surface area contributed by atoms with Crippen molar-refractivity contribution in [3.05, 3.63) is 140 Å². The Morgan fingerprint density at radius 3 is 2.45 bits per heavy atom. The van der Waals surface area contributed by atoms with Crippen LogP contribution in [0, 0.1) is 11.8 Å². The van der Waals surface area contributed by atoms with Crippen LogP contribution in [0.15, 0.2) is 108 Å². The second-order valence-corrected chi connectivity index (χ2v) is 16.3. The zero-order chi connectivity index (χ0) is 30.9. The molecule has 4 unspecified atom stereocenters. The van der Waals surface area contributed by atoms with Crippen LogP contribution < -0.4 is 4.90 Å². The van der Waals surface area contributed by atoms with Gasteiger partial charge >= 0.3 is 0 Å². The first-order valence-corrected chi connectivity index (χ1v) is 19.1. The minimum Gasteiger partial charge on any atom is -0.361 e. The molecular weight excluding hydrogens is 587 g/mol. The highest BCUT2D eigenvalue weighted by Gasteiger charge is 2.56. The summed E-state index contributed by atoms with van der Waals surface area (Å²) < 4.78 is 1.46. The van der Waals surface area contributed by atoms with E-state index in [1.807, 2.05) is 11.3 Å². The Bertz CT molecular complexity index is 2180. The minimum absolute atomic E-state index is 0.122. The predicted molar refractivity (Wildman–Crippen MR) is 199 cm³/mol. The summed E-state index contributed by atoms with van der Waals surface area (Å²) in [7, 11) is 0. The van der Waals surface area contributed by atoms with Crippen molar-refractivity contribution >= 4 is 44.3 Å². The van der Waals surface area contributed by atoms with Crippen molar-refractivity contribution in [1.29, 1.82) is 0 Å². The monoisotopic (exact) mass is 627 g/mol. The fraction of sp³-hybridized carbons (Fsp3) is 0.333. The number of nitrogens with zero attached hydrogens (tertiary/aromatic N) is 1. The molecule has 1 aliphatic heterocycles. The number of allylic oxidation sites excluding steroid dienone is 7. The molecule has 2 fully saturated rings. The fourth-order valence-corrected chi connectivity index (χ4v) is 12.6. The quantitative estimate of drug-likeness (QED) is 0.203. The van der Waals surface area contributed by atoms with E-state index in [9.17, 15) is 0 Å². The van der Waals surface area contributed by atoms with E-state index in [0.717, 1.165) is 19.3 Å². The van der Waals surface area contributed by atoms with Gasteiger partial charge in [-0.25, -0.2) is 0 Å². The van der Waals surface area contributed by atoms with Crippen LogP contribution in [0.4, 0.5) is 5.69 Å². The molecule has 0 amide bonds. The van der Waals surface area contributed by atoms with E-state index in [4.69, 9.17) is 0 Å². The third-order valence-corrected chi connectivity index (χ3v) is 14.5. The lowest BCUT2D eigenvalue weighted by Crippen LogP contribution is -2.43. The van der Waals surface area contributed by atoms with Gasteiger partial charge < -0.3 is 4.90 Å². The average Bonchev–Trinajstić information content (AvgIpc) is 3.76. The van der Waals surface area contributed by atoms with Gasteiger partial charge in [-0.3, -0.25) is 0 Å². The molecule has 47 heavy (non-hydrogen) atoms. The third kappa shape index (κ3) is 3.45. The Morgan fingerprint density at radius 1 is 0.809 bits per heavy atom. The number of anilines is 1. The smallest absolute Gasteiger partial charge is 0.0553 e. The predicted octanol–water partition coefficient (Wildman–Crippen LogP) is 11.4. The SMILES string of the molecule is C[C@@H]1C2=C(CC3C(=C2)C2CCCCC2N3c2ccc3sc4c(c3c2)C=CCC4)c2ccccc2C12C1=C(CCC=C1)c1ccccc12. The fourth-order valence-electron chi connectivity index (χ4n) is 11.5. The Balaban J connectivity index is 1.10. The lowest BCUT2D eigenvalue weighted by atomic mass is 9.55. The van der Waals surface area contributed by atoms with Crippen molar-refractivity contribution in [3.63, 3.8) is 0 Å². The summed E-state index contributed by atoms with van der Waals surface area (Å²) in [5, 5.41) is 1.47. The molecular formula is C45H41NS. The summed E-state index contributed by atoms with van der Waals surface area (Å²) in [6.45, 7) is 2.57. The molecule has 3 aromatic carbocycles. The van der Waals surface area contributed by atoms with Crippen LogP contribution >= 0.6 is 11.3 Å². The highest BCUT2D eigenvalue weighted by molar-refractivity contribution is 7.19. The summed E-state index contributed by atoms with van der Waals surface area (Å²) in [5.41, 5.74) is 17.0. The zero-order valence-electron chi connectivity index (χ0n) is 27.3. The Morgan fingerprint density at radius 2 is 1.57 bits per heavy atom. The number of hydrogen-bond donors (Lipinski definition) is 0. The number of fused-ring (bicyclic) bond motifs is 13. The summed E-state index contributed by atoms with van der Waals surface area (Å²) in [5.74, 6) is 1.05. The topological polar surface area (TPSA) is 3.24 Å². The van der Waals surface area contributed by atoms with E-state index in [-0.39, 0.29) is 5.41 Å². The Labute approximate surface area is 282 Å². The van der Waals surface area contributed by atoms with Crippen LogP contribution in [0.1, 0.15) is 91.0 Å². The maximum absolute atomic E-state index is 2.92. The molecule has 7 aliphatic rings. The molecule has 5 atom stereocenters. The number of rotatable bonds is 1. The van der Waals surface area contributed by atoms with Crippen molar-refractivity contribution in [1.82, 2.24) is 0 Å². The molecule has 0 bridgehead atoms. The lowest BCUT2D eigenvalue weighted by Gasteiger charge is -2.48. The maximum Gasteiger partial charge on any atom is 0.0553 e. The summed E-state index contributed by atoms with van der Waals surface area (Å²) >= 11 is 2.02. The molecule has 1 spiro atoms. The average molecular weight is 628 g/mol. The Hall–Kier alpha value is -3.88. The van der Waals surface area contributed by atoms with Gasteiger partial charge in [0.1, 0.15) is 0 Å². The van der Waals surface area contributed by atoms with Gasteiger partial charge in [-0.1, -0.05) is 98.7 Å². The van der Waals surface area contributed by atoms with E-state index in [2.05, 4.69) is 109 Å². The largest absolute Gasteiger partial charge is 0.361 e. The zero-order valence-corrected chi connectivity index (χ0v) is 28.1. The molecule has 0 N–H and O–H groups in total. The van der Waals surface area contributed by atoms with E-state index >= 15 is 0 Å². The molecule has 2 heterocycles. The molecule has 1 nitrogen and oxygen atoms in total. The van der Waals surface area contributed by atoms with Crippen LogP contribution in [0.3, 0.4) is 0 Å². The second-order valence-electron chi connectivity index (χ2n) is 15.2. The first kappa shape index (κ1) is 27.1. The molecule has 1 saturated heterocycles. The van der Waals surface area contributed by atoms with Crippen LogP contribution in [-0.4, -0.2) is 12.1 Å². The van der Waals surface area contributed by atoms with Crippen LogP contribution in [0.5, 0.6) is 0 Å². The number of benzene rings is 3. The molecule has 6 aliphatic carbocycles. The van der Waals surface area contributed by atoms with Crippen molar-refractivity contribution in [2.45, 2.75) is 82.2 Å². The molecule has 1 saturated carbocycles. The van der Waals surface area contributed by atoms with E-state index in [0.29, 0.717) is 23.9 Å². The van der Waals surface area contributed by atoms with E-state index in [1.165, 1.54) is 82.1 Å². The minimum atomic E-state index is -0.122. The van der Waals surface area contributed by atoms with Crippen LogP contribution in [0.2, 0.25) is 0 Å². The van der Waals surface area contributed by atoms with Gasteiger partial charge in [-0.15, -0.1) is 11.3 Å². The van der Waals surface area contributed by atoms with Crippen molar-refractivity contribution in [2.75, 3.05) is 4.90 Å². The molecule has 4 aromatic rings. The van der Waals surface area contributed by atoms with Gasteiger partial charge in [0.25, 0.3) is 0 Å². The third-order valence-electron chi connectivity index (χ3n) is 13.3. The molecule has 0 radical (unpaired) electrons. The standard InChI is InChI=1S/C45H41NS/c1-27-34-25-36-32-15-5-10-20-41(32)46(28-22-23-44-37(24-28)33-16-6-11-21-43(33)47-44)42(36)26-35(34)31-14-4-9-19-40(31)45(27)38-17-7-2-12-29(38)30-13-3-8-18-39(30)45/h2,4,6-9,12,14,16-19,22-25,27,32,41-42H,3,5,10-11,13,15,20-21,26H2,1H3/t27-,32?,41?,42?,45?/m1/s1. The second kappa shape index (κ2) is 9.83. The maximum atomic E-state index is 2.92. The number of hydrogen-bond acceptors (Lipinski definition) is 2. The van der Waals surface area contributed by atoms with Crippen LogP contribution in [-0.2, 0) is 11.8 Å². The molecule has 232 valence electrons. The first-order valence-electron chi connectivity index (χ1n) is 18.3. The summed E-state index contributed by atoms with van der Waals surface area (Å²) in [6.07, 6.45) is 23.7. The molecule has 1 aromatic heterocycles. The van der Waals surface area contributed by atoms with E-state index in [1.54, 1.807) is 32.7 Å². The Kier molecular flexibility index (Phi) is 5.67. The van der Waals surface area contributed by atoms with Gasteiger partial charge in [0.2, 0.25) is 0 Å². The van der Waals surface area contributed by atoms with Gasteiger partial charge in [0.05, 0.1) is 11.5 Å². The van der Waals surface area contributed by atoms with Gasteiger partial charge in [0, 0.05) is 32.6 Å². The van der Waals surface area contributed by atoms with Crippen molar-refractivity contribution in [2.24, 2.45) is 11.8 Å². The molecule has 11 rings (SSSR count). The summed E-state index contributed by atoms with van der Waals surface area (Å²) in [4.78, 5) is 4.49. The van der Waals surface area contributed by atoms with Gasteiger partial charge in [-0.05, 0) is 125 Å². The van der Waals surface area contributed by atoms with Crippen molar-refractivity contribution in [3.8, 4) is 0 Å². The van der Waals surface area contributed by atoms with Crippen molar-refractivity contribution < 1.29 is 0 Å². The van der Waals surface area contributed by atoms with Gasteiger partial charge in [0.15, 0.2) is 0 Å². The van der Waals surface area contributed by atoms with Gasteiger partial charge in [-0.2, -0.15) is 0 Å². The lowest BCUT2D eigenvalue weighted by molar-refractivity contribution is 0.371. The molecule has 2 heteroatoms. The number of thiophene rings is 1. The highest BCUT2D eigenvalue weighted by atomic mass is 32.1. The van der Waals surface area contributed by atoms with E-state index < -0.39 is 0 Å². The highest BCUT2D eigenvalue weighted by Crippen LogP contribution is 2.64. The van der Waals surface area contributed by atoms with Crippen LogP contribution in [0.25, 0.3) is 27.3 Å². The first-order chi connectivity index (χ1) is 23.2. The normalized spacial score (nSPS) is 29.7. The number of aryl methyl sites for hydroxylation is 1. The summed E-state index contributed by atoms with van der Waals surface area (Å²) in [6, 6.07) is 27.5.